The van der Waals surface area contributed by atoms with Gasteiger partial charge in [0, 0.05) is 18.6 Å². The zero-order valence-corrected chi connectivity index (χ0v) is 8.55. The van der Waals surface area contributed by atoms with Gasteiger partial charge in [0.15, 0.2) is 0 Å². The van der Waals surface area contributed by atoms with E-state index in [1.165, 1.54) is 25.7 Å². The van der Waals surface area contributed by atoms with Crippen LogP contribution in [0.25, 0.3) is 0 Å². The number of aliphatic hydroxyl groups excluding tert-OH is 1. The molecule has 3 nitrogen and oxygen atoms in total. The van der Waals surface area contributed by atoms with E-state index in [1.54, 1.807) is 0 Å². The molecule has 2 atom stereocenters. The molecule has 1 fully saturated rings. The van der Waals surface area contributed by atoms with Crippen molar-refractivity contribution in [2.24, 2.45) is 11.7 Å². The molecular weight excluding hydrogens is 164 g/mol. The van der Waals surface area contributed by atoms with Crippen LogP contribution in [-0.2, 0) is 0 Å². The van der Waals surface area contributed by atoms with Crippen LogP contribution in [0.1, 0.15) is 32.6 Å². The fraction of sp³-hybridized carbons (Fsp3) is 1.00. The molecule has 4 N–H and O–H groups in total. The molecule has 0 aromatic heterocycles. The Hall–Kier alpha value is -0.120. The SMILES string of the molecule is CCC1CCCC1(CN)NCCO. The Morgan fingerprint density at radius 1 is 1.62 bits per heavy atom. The van der Waals surface area contributed by atoms with Crippen LogP contribution in [0.15, 0.2) is 0 Å². The van der Waals surface area contributed by atoms with Gasteiger partial charge in [-0.15, -0.1) is 0 Å². The Balaban J connectivity index is 2.55. The van der Waals surface area contributed by atoms with Crippen LogP contribution >= 0.6 is 0 Å². The minimum absolute atomic E-state index is 0.123. The number of nitrogens with two attached hydrogens (primary N) is 1. The lowest BCUT2D eigenvalue weighted by Gasteiger charge is -2.35. The molecule has 3 heteroatoms. The van der Waals surface area contributed by atoms with E-state index in [9.17, 15) is 0 Å². The zero-order valence-electron chi connectivity index (χ0n) is 8.55. The minimum Gasteiger partial charge on any atom is -0.395 e. The Morgan fingerprint density at radius 3 is 2.92 bits per heavy atom. The molecule has 2 unspecified atom stereocenters. The first-order chi connectivity index (χ1) is 6.29. The van der Waals surface area contributed by atoms with Gasteiger partial charge in [0.1, 0.15) is 0 Å². The van der Waals surface area contributed by atoms with Gasteiger partial charge in [-0.3, -0.25) is 0 Å². The van der Waals surface area contributed by atoms with Gasteiger partial charge in [-0.05, 0) is 18.8 Å². The molecule has 78 valence electrons. The number of β-amino-alcohol motifs (C(OH)–C–C–N with tert-alkyl or cyclic N) is 1. The second kappa shape index (κ2) is 4.94. The maximum absolute atomic E-state index is 8.79. The molecule has 0 aliphatic heterocycles. The summed E-state index contributed by atoms with van der Waals surface area (Å²) < 4.78 is 0. The number of hydrogen-bond donors (Lipinski definition) is 3. The summed E-state index contributed by atoms with van der Waals surface area (Å²) in [4.78, 5) is 0. The molecule has 1 aliphatic carbocycles. The summed E-state index contributed by atoms with van der Waals surface area (Å²) in [6.45, 7) is 3.80. The number of rotatable bonds is 5. The highest BCUT2D eigenvalue weighted by molar-refractivity contribution is 4.99. The summed E-state index contributed by atoms with van der Waals surface area (Å²) in [5.74, 6) is 0.698. The monoisotopic (exact) mass is 186 g/mol. The summed E-state index contributed by atoms with van der Waals surface area (Å²) >= 11 is 0. The molecule has 0 saturated heterocycles. The summed E-state index contributed by atoms with van der Waals surface area (Å²) in [5.41, 5.74) is 5.95. The smallest absolute Gasteiger partial charge is 0.0556 e. The van der Waals surface area contributed by atoms with Crippen LogP contribution in [0.4, 0.5) is 0 Å². The van der Waals surface area contributed by atoms with Gasteiger partial charge < -0.3 is 16.2 Å². The first-order valence-electron chi connectivity index (χ1n) is 5.35. The van der Waals surface area contributed by atoms with Crippen LogP contribution in [0.5, 0.6) is 0 Å². The molecule has 0 amide bonds. The summed E-state index contributed by atoms with van der Waals surface area (Å²) in [5, 5.41) is 12.2. The highest BCUT2D eigenvalue weighted by atomic mass is 16.3. The predicted molar refractivity (Wildman–Crippen MR) is 54.5 cm³/mol. The minimum atomic E-state index is 0.123. The molecule has 0 heterocycles. The zero-order chi connectivity index (χ0) is 9.73. The van der Waals surface area contributed by atoms with Crippen molar-refractivity contribution in [2.45, 2.75) is 38.1 Å². The van der Waals surface area contributed by atoms with Gasteiger partial charge in [0.25, 0.3) is 0 Å². The highest BCUT2D eigenvalue weighted by Crippen LogP contribution is 2.36. The molecule has 1 saturated carbocycles. The van der Waals surface area contributed by atoms with E-state index in [2.05, 4.69) is 12.2 Å². The van der Waals surface area contributed by atoms with Crippen LogP contribution < -0.4 is 11.1 Å². The van der Waals surface area contributed by atoms with Gasteiger partial charge in [-0.25, -0.2) is 0 Å². The Labute approximate surface area is 80.7 Å². The third-order valence-electron chi connectivity index (χ3n) is 3.40. The Kier molecular flexibility index (Phi) is 4.16. The average molecular weight is 186 g/mol. The van der Waals surface area contributed by atoms with Crippen molar-refractivity contribution in [3.05, 3.63) is 0 Å². The third-order valence-corrected chi connectivity index (χ3v) is 3.40. The van der Waals surface area contributed by atoms with E-state index in [4.69, 9.17) is 10.8 Å². The van der Waals surface area contributed by atoms with E-state index in [1.807, 2.05) is 0 Å². The molecule has 0 radical (unpaired) electrons. The summed E-state index contributed by atoms with van der Waals surface area (Å²) in [7, 11) is 0. The largest absolute Gasteiger partial charge is 0.395 e. The van der Waals surface area contributed by atoms with Crippen molar-refractivity contribution >= 4 is 0 Å². The standard InChI is InChI=1S/C10H22N2O/c1-2-9-4-3-5-10(9,8-11)12-6-7-13/h9,12-13H,2-8,11H2,1H3. The number of hydrogen-bond acceptors (Lipinski definition) is 3. The summed E-state index contributed by atoms with van der Waals surface area (Å²) in [6, 6.07) is 0. The van der Waals surface area contributed by atoms with Crippen molar-refractivity contribution in [3.8, 4) is 0 Å². The topological polar surface area (TPSA) is 58.3 Å². The van der Waals surface area contributed by atoms with Crippen molar-refractivity contribution in [1.29, 1.82) is 0 Å². The maximum atomic E-state index is 8.79. The van der Waals surface area contributed by atoms with Gasteiger partial charge in [0.2, 0.25) is 0 Å². The highest BCUT2D eigenvalue weighted by Gasteiger charge is 2.39. The van der Waals surface area contributed by atoms with Gasteiger partial charge in [-0.1, -0.05) is 19.8 Å². The molecule has 0 bridgehead atoms. The molecular formula is C10H22N2O. The Morgan fingerprint density at radius 2 is 2.38 bits per heavy atom. The van der Waals surface area contributed by atoms with E-state index >= 15 is 0 Å². The van der Waals surface area contributed by atoms with Gasteiger partial charge in [-0.2, -0.15) is 0 Å². The fourth-order valence-corrected chi connectivity index (χ4v) is 2.62. The van der Waals surface area contributed by atoms with E-state index < -0.39 is 0 Å². The van der Waals surface area contributed by atoms with E-state index in [-0.39, 0.29) is 12.1 Å². The number of aliphatic hydroxyl groups is 1. The maximum Gasteiger partial charge on any atom is 0.0556 e. The number of nitrogens with one attached hydrogen (secondary N) is 1. The molecule has 1 aliphatic rings. The Bertz CT molecular complexity index is 152. The second-order valence-corrected chi connectivity index (χ2v) is 4.01. The molecule has 0 aromatic rings. The van der Waals surface area contributed by atoms with Crippen LogP contribution in [0.2, 0.25) is 0 Å². The van der Waals surface area contributed by atoms with E-state index in [0.29, 0.717) is 19.0 Å². The lowest BCUT2D eigenvalue weighted by molar-refractivity contribution is 0.212. The predicted octanol–water partition coefficient (Wildman–Crippen LogP) is 0.476. The summed E-state index contributed by atoms with van der Waals surface area (Å²) in [6.07, 6.45) is 4.91. The molecule has 1 rings (SSSR count). The molecule has 0 aromatic carbocycles. The first kappa shape index (κ1) is 11.0. The average Bonchev–Trinajstić information content (AvgIpc) is 2.58. The van der Waals surface area contributed by atoms with Crippen LogP contribution in [0.3, 0.4) is 0 Å². The van der Waals surface area contributed by atoms with Crippen molar-refractivity contribution in [3.63, 3.8) is 0 Å². The van der Waals surface area contributed by atoms with Gasteiger partial charge in [0.05, 0.1) is 6.61 Å². The van der Waals surface area contributed by atoms with E-state index in [0.717, 1.165) is 0 Å². The fourth-order valence-electron chi connectivity index (χ4n) is 2.62. The second-order valence-electron chi connectivity index (χ2n) is 4.01. The van der Waals surface area contributed by atoms with Gasteiger partial charge >= 0.3 is 0 Å². The lowest BCUT2D eigenvalue weighted by Crippen LogP contribution is -2.54. The van der Waals surface area contributed by atoms with Crippen LogP contribution in [0, 0.1) is 5.92 Å². The van der Waals surface area contributed by atoms with Crippen molar-refractivity contribution < 1.29 is 5.11 Å². The normalized spacial score (nSPS) is 33.9. The first-order valence-corrected chi connectivity index (χ1v) is 5.35. The van der Waals surface area contributed by atoms with Crippen LogP contribution in [-0.4, -0.2) is 30.3 Å². The van der Waals surface area contributed by atoms with Crippen molar-refractivity contribution in [2.75, 3.05) is 19.7 Å². The molecule has 13 heavy (non-hydrogen) atoms. The molecule has 0 spiro atoms. The van der Waals surface area contributed by atoms with Crippen molar-refractivity contribution in [1.82, 2.24) is 5.32 Å². The lowest BCUT2D eigenvalue weighted by atomic mass is 9.85. The quantitative estimate of drug-likeness (QED) is 0.585. The third kappa shape index (κ3) is 2.22.